The van der Waals surface area contributed by atoms with Crippen molar-refractivity contribution >= 4 is 34.9 Å². The minimum absolute atomic E-state index is 0.135. The number of amides is 3. The average molecular weight is 431 g/mol. The van der Waals surface area contributed by atoms with E-state index < -0.39 is 11.1 Å². The third kappa shape index (κ3) is 4.87. The van der Waals surface area contributed by atoms with E-state index >= 15 is 0 Å². The number of ether oxygens (including phenoxy) is 2. The lowest BCUT2D eigenvalue weighted by Gasteiger charge is -2.34. The van der Waals surface area contributed by atoms with E-state index in [1.807, 2.05) is 6.92 Å². The lowest BCUT2D eigenvalue weighted by molar-refractivity contribution is -0.138. The summed E-state index contributed by atoms with van der Waals surface area (Å²) in [6.07, 6.45) is 6.25. The van der Waals surface area contributed by atoms with Gasteiger partial charge in [0.15, 0.2) is 11.5 Å². The van der Waals surface area contributed by atoms with Crippen LogP contribution in [0, 0.1) is 0 Å². The molecular weight excluding hydrogens is 404 g/mol. The molecule has 0 unspecified atom stereocenters. The van der Waals surface area contributed by atoms with Crippen LogP contribution in [-0.4, -0.2) is 59.7 Å². The van der Waals surface area contributed by atoms with Gasteiger partial charge in [0.1, 0.15) is 13.2 Å². The Balaban J connectivity index is 1.73. The van der Waals surface area contributed by atoms with Crippen molar-refractivity contribution in [3.05, 3.63) is 41.3 Å². The standard InChI is InChI=1S/C22H26N2O5S/c1-4-11-29-17-9-8-16(12-18(17)28-3)13-19-21(26)24(22(27)30-19)14-20(25)23-10-6-5-7-15(23)2/h4,8-9,12-13,15H,1,5-7,10-11,14H2,2-3H3/b19-13-/t15-/m0/s1. The summed E-state index contributed by atoms with van der Waals surface area (Å²) in [5.41, 5.74) is 0.694. The number of imide groups is 1. The number of hydrogen-bond acceptors (Lipinski definition) is 6. The van der Waals surface area contributed by atoms with Crippen LogP contribution in [0.2, 0.25) is 0 Å². The van der Waals surface area contributed by atoms with E-state index in [0.717, 1.165) is 35.9 Å². The van der Waals surface area contributed by atoms with Crippen LogP contribution in [0.15, 0.2) is 35.8 Å². The molecule has 0 bridgehead atoms. The molecule has 3 amide bonds. The molecule has 3 rings (SSSR count). The fraction of sp³-hybridized carbons (Fsp3) is 0.409. The molecule has 2 heterocycles. The lowest BCUT2D eigenvalue weighted by Crippen LogP contribution is -2.47. The van der Waals surface area contributed by atoms with Crippen LogP contribution in [0.1, 0.15) is 31.7 Å². The number of methoxy groups -OCH3 is 1. The van der Waals surface area contributed by atoms with Crippen molar-refractivity contribution in [2.45, 2.75) is 32.2 Å². The first kappa shape index (κ1) is 22.0. The van der Waals surface area contributed by atoms with Crippen molar-refractivity contribution in [1.29, 1.82) is 0 Å². The van der Waals surface area contributed by atoms with Crippen molar-refractivity contribution in [1.82, 2.24) is 9.80 Å². The second-order valence-electron chi connectivity index (χ2n) is 7.21. The molecule has 0 aromatic heterocycles. The molecule has 0 aliphatic carbocycles. The molecule has 1 aromatic carbocycles. The highest BCUT2D eigenvalue weighted by Gasteiger charge is 2.37. The highest BCUT2D eigenvalue weighted by atomic mass is 32.2. The first-order valence-electron chi connectivity index (χ1n) is 9.91. The largest absolute Gasteiger partial charge is 0.493 e. The average Bonchev–Trinajstić information content (AvgIpc) is 3.00. The number of thioether (sulfide) groups is 1. The molecule has 2 saturated heterocycles. The van der Waals surface area contributed by atoms with Crippen molar-refractivity contribution in [2.75, 3.05) is 26.8 Å². The minimum Gasteiger partial charge on any atom is -0.493 e. The number of likely N-dealkylation sites (tertiary alicyclic amines) is 1. The first-order valence-corrected chi connectivity index (χ1v) is 10.7. The van der Waals surface area contributed by atoms with Crippen LogP contribution < -0.4 is 9.47 Å². The van der Waals surface area contributed by atoms with Gasteiger partial charge in [0, 0.05) is 12.6 Å². The molecule has 1 aromatic rings. The van der Waals surface area contributed by atoms with E-state index in [1.54, 1.807) is 35.3 Å². The molecule has 0 saturated carbocycles. The van der Waals surface area contributed by atoms with Gasteiger partial charge in [0.25, 0.3) is 11.1 Å². The van der Waals surface area contributed by atoms with Crippen LogP contribution in [0.3, 0.4) is 0 Å². The predicted molar refractivity (Wildman–Crippen MR) is 116 cm³/mol. The van der Waals surface area contributed by atoms with E-state index in [2.05, 4.69) is 6.58 Å². The molecular formula is C22H26N2O5S. The second kappa shape index (κ2) is 9.84. The maximum Gasteiger partial charge on any atom is 0.294 e. The van der Waals surface area contributed by atoms with Gasteiger partial charge in [-0.15, -0.1) is 0 Å². The number of nitrogens with zero attached hydrogens (tertiary/aromatic N) is 2. The molecule has 0 radical (unpaired) electrons. The van der Waals surface area contributed by atoms with E-state index in [4.69, 9.17) is 9.47 Å². The summed E-state index contributed by atoms with van der Waals surface area (Å²) in [5.74, 6) is 0.438. The zero-order valence-corrected chi connectivity index (χ0v) is 18.1. The molecule has 1 atom stereocenters. The maximum atomic E-state index is 12.8. The van der Waals surface area contributed by atoms with E-state index in [1.165, 1.54) is 7.11 Å². The van der Waals surface area contributed by atoms with Gasteiger partial charge in [0.05, 0.1) is 12.0 Å². The Morgan fingerprint density at radius 3 is 2.80 bits per heavy atom. The van der Waals surface area contributed by atoms with Crippen molar-refractivity contribution < 1.29 is 23.9 Å². The summed E-state index contributed by atoms with van der Waals surface area (Å²) in [6, 6.07) is 5.37. The van der Waals surface area contributed by atoms with E-state index in [9.17, 15) is 14.4 Å². The molecule has 0 N–H and O–H groups in total. The Labute approximate surface area is 180 Å². The summed E-state index contributed by atoms with van der Waals surface area (Å²) in [5, 5.41) is -0.429. The van der Waals surface area contributed by atoms with Crippen molar-refractivity contribution in [3.63, 3.8) is 0 Å². The van der Waals surface area contributed by atoms with Crippen LogP contribution >= 0.6 is 11.8 Å². The smallest absolute Gasteiger partial charge is 0.294 e. The molecule has 2 aliphatic heterocycles. The topological polar surface area (TPSA) is 76.2 Å². The number of piperidine rings is 1. The Morgan fingerprint density at radius 2 is 2.10 bits per heavy atom. The minimum atomic E-state index is -0.450. The first-order chi connectivity index (χ1) is 14.4. The summed E-state index contributed by atoms with van der Waals surface area (Å²) in [6.45, 7) is 6.42. The number of carbonyl (C=O) groups excluding carboxylic acids is 3. The van der Waals surface area contributed by atoms with E-state index in [-0.39, 0.29) is 23.4 Å². The molecule has 7 nitrogen and oxygen atoms in total. The second-order valence-corrected chi connectivity index (χ2v) is 8.20. The van der Waals surface area contributed by atoms with Gasteiger partial charge in [-0.05, 0) is 61.7 Å². The van der Waals surface area contributed by atoms with Gasteiger partial charge in [-0.3, -0.25) is 19.3 Å². The molecule has 2 aliphatic rings. The Hall–Kier alpha value is -2.74. The van der Waals surface area contributed by atoms with Gasteiger partial charge in [-0.2, -0.15) is 0 Å². The normalized spacial score (nSPS) is 20.6. The third-order valence-corrected chi connectivity index (χ3v) is 6.04. The van der Waals surface area contributed by atoms with Gasteiger partial charge >= 0.3 is 0 Å². The number of rotatable bonds is 7. The zero-order valence-electron chi connectivity index (χ0n) is 17.3. The summed E-state index contributed by atoms with van der Waals surface area (Å²) < 4.78 is 10.9. The van der Waals surface area contributed by atoms with Gasteiger partial charge in [0.2, 0.25) is 5.91 Å². The summed E-state index contributed by atoms with van der Waals surface area (Å²) in [4.78, 5) is 40.9. The molecule has 160 valence electrons. The highest BCUT2D eigenvalue weighted by Crippen LogP contribution is 2.34. The zero-order chi connectivity index (χ0) is 21.7. The Morgan fingerprint density at radius 1 is 1.30 bits per heavy atom. The molecule has 8 heteroatoms. The van der Waals surface area contributed by atoms with E-state index in [0.29, 0.717) is 30.2 Å². The van der Waals surface area contributed by atoms with Crippen molar-refractivity contribution in [3.8, 4) is 11.5 Å². The number of benzene rings is 1. The Bertz CT molecular complexity index is 882. The number of carbonyl (C=O) groups is 3. The van der Waals surface area contributed by atoms with Crippen LogP contribution in [0.5, 0.6) is 11.5 Å². The number of hydrogen-bond donors (Lipinski definition) is 0. The molecule has 0 spiro atoms. The fourth-order valence-electron chi connectivity index (χ4n) is 3.52. The summed E-state index contributed by atoms with van der Waals surface area (Å²) in [7, 11) is 1.53. The third-order valence-electron chi connectivity index (χ3n) is 5.13. The SMILES string of the molecule is C=CCOc1ccc(/C=C2\SC(=O)N(CC(=O)N3CCCC[C@@H]3C)C2=O)cc1OC. The molecule has 30 heavy (non-hydrogen) atoms. The molecule has 2 fully saturated rings. The van der Waals surface area contributed by atoms with Crippen LogP contribution in [0.25, 0.3) is 6.08 Å². The highest BCUT2D eigenvalue weighted by molar-refractivity contribution is 8.18. The van der Waals surface area contributed by atoms with Crippen LogP contribution in [-0.2, 0) is 9.59 Å². The summed E-state index contributed by atoms with van der Waals surface area (Å²) >= 11 is 0.840. The maximum absolute atomic E-state index is 12.8. The quantitative estimate of drug-likeness (QED) is 0.485. The predicted octanol–water partition coefficient (Wildman–Crippen LogP) is 3.70. The van der Waals surface area contributed by atoms with Gasteiger partial charge in [-0.25, -0.2) is 0 Å². The fourth-order valence-corrected chi connectivity index (χ4v) is 4.36. The Kier molecular flexibility index (Phi) is 7.20. The van der Waals surface area contributed by atoms with Gasteiger partial charge in [-0.1, -0.05) is 18.7 Å². The van der Waals surface area contributed by atoms with Crippen LogP contribution in [0.4, 0.5) is 4.79 Å². The monoisotopic (exact) mass is 430 g/mol. The van der Waals surface area contributed by atoms with Gasteiger partial charge < -0.3 is 14.4 Å². The lowest BCUT2D eigenvalue weighted by atomic mass is 10.0. The van der Waals surface area contributed by atoms with Crippen molar-refractivity contribution in [2.24, 2.45) is 0 Å².